The van der Waals surface area contributed by atoms with Crippen LogP contribution in [-0.2, 0) is 11.2 Å². The molecule has 0 aliphatic carbocycles. The summed E-state index contributed by atoms with van der Waals surface area (Å²) in [6, 6.07) is 8.26. The molecular weight excluding hydrogens is 381 g/mol. The molecule has 0 fully saturated rings. The largest absolute Gasteiger partial charge is 0.496 e. The zero-order valence-electron chi connectivity index (χ0n) is 13.2. The molecule has 5 nitrogen and oxygen atoms in total. The fourth-order valence-corrected chi connectivity index (χ4v) is 1.94. The van der Waals surface area contributed by atoms with Crippen molar-refractivity contribution in [2.24, 2.45) is 4.99 Å². The van der Waals surface area contributed by atoms with Gasteiger partial charge < -0.3 is 20.1 Å². The molecule has 1 aromatic carbocycles. The fourth-order valence-electron chi connectivity index (χ4n) is 1.94. The molecule has 1 atom stereocenters. The second-order valence-electron chi connectivity index (χ2n) is 4.56. The van der Waals surface area contributed by atoms with Crippen molar-refractivity contribution in [3.05, 3.63) is 29.8 Å². The molecule has 1 unspecified atom stereocenters. The van der Waals surface area contributed by atoms with Gasteiger partial charge >= 0.3 is 0 Å². The summed E-state index contributed by atoms with van der Waals surface area (Å²) in [5, 5.41) is 6.55. The van der Waals surface area contributed by atoms with Crippen LogP contribution >= 0.6 is 24.0 Å². The van der Waals surface area contributed by atoms with Crippen molar-refractivity contribution in [1.29, 1.82) is 0 Å². The minimum Gasteiger partial charge on any atom is -0.496 e. The summed E-state index contributed by atoms with van der Waals surface area (Å²) >= 11 is 0. The molecule has 0 radical (unpaired) electrons. The van der Waals surface area contributed by atoms with Gasteiger partial charge in [-0.25, -0.2) is 0 Å². The summed E-state index contributed by atoms with van der Waals surface area (Å²) in [6.45, 7) is 3.49. The van der Waals surface area contributed by atoms with E-state index in [2.05, 4.69) is 28.6 Å². The maximum absolute atomic E-state index is 5.34. The van der Waals surface area contributed by atoms with Gasteiger partial charge in [-0.3, -0.25) is 4.99 Å². The van der Waals surface area contributed by atoms with Gasteiger partial charge in [-0.1, -0.05) is 18.2 Å². The van der Waals surface area contributed by atoms with E-state index in [1.165, 1.54) is 5.56 Å². The van der Waals surface area contributed by atoms with Crippen molar-refractivity contribution in [1.82, 2.24) is 10.6 Å². The highest BCUT2D eigenvalue weighted by Gasteiger charge is 2.05. The number of rotatable bonds is 7. The van der Waals surface area contributed by atoms with Gasteiger partial charge in [-0.15, -0.1) is 24.0 Å². The zero-order valence-corrected chi connectivity index (χ0v) is 15.5. The van der Waals surface area contributed by atoms with Crippen molar-refractivity contribution in [3.8, 4) is 5.75 Å². The Morgan fingerprint density at radius 2 is 2.00 bits per heavy atom. The number of ether oxygens (including phenoxy) is 2. The first-order chi connectivity index (χ1) is 9.71. The number of halogens is 1. The molecule has 0 amide bonds. The lowest BCUT2D eigenvalue weighted by atomic mass is 10.1. The second kappa shape index (κ2) is 11.6. The minimum absolute atomic E-state index is 0. The lowest BCUT2D eigenvalue weighted by Crippen LogP contribution is -2.44. The Hall–Kier alpha value is -1.02. The topological polar surface area (TPSA) is 54.9 Å². The van der Waals surface area contributed by atoms with Crippen LogP contribution in [0.2, 0.25) is 0 Å². The molecule has 0 heterocycles. The third kappa shape index (κ3) is 7.52. The Balaban J connectivity index is 0.00000400. The standard InChI is InChI=1S/C15H25N3O2.HI/c1-12(11-19-3)18-15(16-2)17-10-9-13-7-5-6-8-14(13)20-4;/h5-8,12H,9-11H2,1-4H3,(H2,16,17,18);1H. The average molecular weight is 407 g/mol. The third-order valence-electron chi connectivity index (χ3n) is 2.90. The molecule has 0 spiro atoms. The summed E-state index contributed by atoms with van der Waals surface area (Å²) in [6.07, 6.45) is 0.878. The van der Waals surface area contributed by atoms with Crippen molar-refractivity contribution >= 4 is 29.9 Å². The number of hydrogen-bond acceptors (Lipinski definition) is 3. The Morgan fingerprint density at radius 1 is 1.29 bits per heavy atom. The average Bonchev–Trinajstić information content (AvgIpc) is 2.47. The lowest BCUT2D eigenvalue weighted by Gasteiger charge is -2.17. The summed E-state index contributed by atoms with van der Waals surface area (Å²) in [5.74, 6) is 1.70. The van der Waals surface area contributed by atoms with Gasteiger partial charge in [0.1, 0.15) is 5.75 Å². The van der Waals surface area contributed by atoms with Crippen LogP contribution in [-0.4, -0.2) is 46.4 Å². The minimum atomic E-state index is 0. The summed E-state index contributed by atoms with van der Waals surface area (Å²) < 4.78 is 10.4. The lowest BCUT2D eigenvalue weighted by molar-refractivity contribution is 0.179. The van der Waals surface area contributed by atoms with E-state index >= 15 is 0 Å². The number of guanidine groups is 1. The predicted molar refractivity (Wildman–Crippen MR) is 97.9 cm³/mol. The SMILES string of the molecule is CN=C(NCCc1ccccc1OC)NC(C)COC.I. The molecule has 1 rings (SSSR count). The number of nitrogens with zero attached hydrogens (tertiary/aromatic N) is 1. The van der Waals surface area contributed by atoms with Crippen LogP contribution in [0.5, 0.6) is 5.75 Å². The highest BCUT2D eigenvalue weighted by atomic mass is 127. The quantitative estimate of drug-likeness (QED) is 0.413. The van der Waals surface area contributed by atoms with Crippen LogP contribution < -0.4 is 15.4 Å². The first-order valence-corrected chi connectivity index (χ1v) is 6.79. The zero-order chi connectivity index (χ0) is 14.8. The van der Waals surface area contributed by atoms with E-state index in [9.17, 15) is 0 Å². The monoisotopic (exact) mass is 407 g/mol. The van der Waals surface area contributed by atoms with Crippen molar-refractivity contribution in [3.63, 3.8) is 0 Å². The molecule has 120 valence electrons. The van der Waals surface area contributed by atoms with Gasteiger partial charge in [0.15, 0.2) is 5.96 Å². The maximum Gasteiger partial charge on any atom is 0.191 e. The van der Waals surface area contributed by atoms with Crippen LogP contribution in [0.3, 0.4) is 0 Å². The molecule has 21 heavy (non-hydrogen) atoms. The number of benzene rings is 1. The van der Waals surface area contributed by atoms with Crippen molar-refractivity contribution in [2.75, 3.05) is 34.4 Å². The molecule has 0 bridgehead atoms. The van der Waals surface area contributed by atoms with E-state index < -0.39 is 0 Å². The molecule has 0 saturated carbocycles. The van der Waals surface area contributed by atoms with E-state index in [1.54, 1.807) is 21.3 Å². The van der Waals surface area contributed by atoms with E-state index in [0.717, 1.165) is 24.7 Å². The predicted octanol–water partition coefficient (Wildman–Crippen LogP) is 2.06. The summed E-state index contributed by atoms with van der Waals surface area (Å²) in [7, 11) is 5.15. The molecule has 0 aliphatic rings. The van der Waals surface area contributed by atoms with Gasteiger partial charge in [-0.05, 0) is 25.0 Å². The first-order valence-electron chi connectivity index (χ1n) is 6.79. The highest BCUT2D eigenvalue weighted by Crippen LogP contribution is 2.17. The van der Waals surface area contributed by atoms with Crippen LogP contribution in [0.4, 0.5) is 0 Å². The molecule has 6 heteroatoms. The van der Waals surface area contributed by atoms with Crippen LogP contribution in [0, 0.1) is 0 Å². The summed E-state index contributed by atoms with van der Waals surface area (Å²) in [5.41, 5.74) is 1.18. The van der Waals surface area contributed by atoms with Crippen LogP contribution in [0.15, 0.2) is 29.3 Å². The van der Waals surface area contributed by atoms with E-state index in [4.69, 9.17) is 9.47 Å². The van der Waals surface area contributed by atoms with Crippen LogP contribution in [0.25, 0.3) is 0 Å². The number of nitrogens with one attached hydrogen (secondary N) is 2. The normalized spacial score (nSPS) is 12.3. The Kier molecular flexibility index (Phi) is 11.1. The smallest absolute Gasteiger partial charge is 0.191 e. The molecule has 1 aromatic rings. The van der Waals surface area contributed by atoms with Gasteiger partial charge in [0.2, 0.25) is 0 Å². The molecule has 0 aliphatic heterocycles. The number of aliphatic imine (C=N–C) groups is 1. The number of methoxy groups -OCH3 is 2. The molecule has 0 saturated heterocycles. The van der Waals surface area contributed by atoms with E-state index in [0.29, 0.717) is 6.61 Å². The molecular formula is C15H26IN3O2. The van der Waals surface area contributed by atoms with E-state index in [1.807, 2.05) is 18.2 Å². The Bertz CT molecular complexity index is 427. The van der Waals surface area contributed by atoms with E-state index in [-0.39, 0.29) is 30.0 Å². The van der Waals surface area contributed by atoms with Gasteiger partial charge in [-0.2, -0.15) is 0 Å². The van der Waals surface area contributed by atoms with Gasteiger partial charge in [0, 0.05) is 26.7 Å². The summed E-state index contributed by atoms with van der Waals surface area (Å²) in [4.78, 5) is 4.19. The molecule has 2 N–H and O–H groups in total. The maximum atomic E-state index is 5.34. The Labute approximate surface area is 144 Å². The first kappa shape index (κ1) is 20.0. The van der Waals surface area contributed by atoms with Crippen molar-refractivity contribution < 1.29 is 9.47 Å². The number of para-hydroxylation sites is 1. The Morgan fingerprint density at radius 3 is 2.62 bits per heavy atom. The third-order valence-corrected chi connectivity index (χ3v) is 2.90. The second-order valence-corrected chi connectivity index (χ2v) is 4.56. The van der Waals surface area contributed by atoms with Gasteiger partial charge in [0.25, 0.3) is 0 Å². The van der Waals surface area contributed by atoms with Crippen molar-refractivity contribution in [2.45, 2.75) is 19.4 Å². The van der Waals surface area contributed by atoms with Gasteiger partial charge in [0.05, 0.1) is 13.7 Å². The van der Waals surface area contributed by atoms with Crippen LogP contribution in [0.1, 0.15) is 12.5 Å². The fraction of sp³-hybridized carbons (Fsp3) is 0.533. The molecule has 0 aromatic heterocycles. The highest BCUT2D eigenvalue weighted by molar-refractivity contribution is 14.0. The number of hydrogen-bond donors (Lipinski definition) is 2.